The fraction of sp³-hybridized carbons (Fsp3) is 0.800. The summed E-state index contributed by atoms with van der Waals surface area (Å²) >= 11 is 1.80. The van der Waals surface area contributed by atoms with Crippen LogP contribution in [0.2, 0.25) is 0 Å². The first-order valence-corrected chi connectivity index (χ1v) is 6.61. The molecular formula is C10H19N3OS. The van der Waals surface area contributed by atoms with Crippen LogP contribution in [0.1, 0.15) is 37.9 Å². The van der Waals surface area contributed by atoms with E-state index in [-0.39, 0.29) is 0 Å². The Hall–Kier alpha value is -0.550. The van der Waals surface area contributed by atoms with E-state index < -0.39 is 0 Å². The number of thioether (sulfide) groups is 1. The molecule has 0 saturated carbocycles. The molecule has 0 unspecified atom stereocenters. The van der Waals surface area contributed by atoms with Crippen LogP contribution in [-0.4, -0.2) is 22.4 Å². The number of rotatable bonds is 8. The molecule has 0 aliphatic heterocycles. The van der Waals surface area contributed by atoms with Crippen LogP contribution in [0.3, 0.4) is 0 Å². The first-order chi connectivity index (χ1) is 7.36. The van der Waals surface area contributed by atoms with Crippen molar-refractivity contribution in [3.8, 4) is 0 Å². The average molecular weight is 229 g/mol. The van der Waals surface area contributed by atoms with Gasteiger partial charge in [0, 0.05) is 6.42 Å². The van der Waals surface area contributed by atoms with E-state index in [1.807, 2.05) is 0 Å². The van der Waals surface area contributed by atoms with Crippen LogP contribution in [0.15, 0.2) is 4.52 Å². The van der Waals surface area contributed by atoms with E-state index in [4.69, 9.17) is 10.3 Å². The predicted molar refractivity (Wildman–Crippen MR) is 62.7 cm³/mol. The second kappa shape index (κ2) is 7.70. The maximum absolute atomic E-state index is 5.41. The van der Waals surface area contributed by atoms with E-state index >= 15 is 0 Å². The lowest BCUT2D eigenvalue weighted by Gasteiger charge is -1.94. The third-order valence-electron chi connectivity index (χ3n) is 2.04. The standard InChI is InChI=1S/C10H19N3OS/c1-2-15-8-9-12-10(14-13-9)6-4-3-5-7-11/h2-8,11H2,1H3. The second-order valence-electron chi connectivity index (χ2n) is 3.34. The van der Waals surface area contributed by atoms with Crippen LogP contribution in [0.4, 0.5) is 0 Å². The number of hydrogen-bond donors (Lipinski definition) is 1. The monoisotopic (exact) mass is 229 g/mol. The van der Waals surface area contributed by atoms with Crippen LogP contribution in [0.5, 0.6) is 0 Å². The minimum absolute atomic E-state index is 0.763. The Kier molecular flexibility index (Phi) is 6.43. The van der Waals surface area contributed by atoms with Crippen LogP contribution in [0, 0.1) is 0 Å². The summed E-state index contributed by atoms with van der Waals surface area (Å²) in [7, 11) is 0. The number of hydrogen-bond acceptors (Lipinski definition) is 5. The van der Waals surface area contributed by atoms with Crippen molar-refractivity contribution in [3.05, 3.63) is 11.7 Å². The summed E-state index contributed by atoms with van der Waals surface area (Å²) in [5.41, 5.74) is 5.41. The van der Waals surface area contributed by atoms with Gasteiger partial charge in [0.15, 0.2) is 5.82 Å². The Morgan fingerprint density at radius 1 is 1.33 bits per heavy atom. The number of nitrogens with zero attached hydrogens (tertiary/aromatic N) is 2. The Labute approximate surface area is 95.0 Å². The van der Waals surface area contributed by atoms with Crippen molar-refractivity contribution in [1.82, 2.24) is 10.1 Å². The first-order valence-electron chi connectivity index (χ1n) is 5.46. The molecule has 0 radical (unpaired) electrons. The van der Waals surface area contributed by atoms with Crippen molar-refractivity contribution < 1.29 is 4.52 Å². The Balaban J connectivity index is 2.20. The summed E-state index contributed by atoms with van der Waals surface area (Å²) in [6, 6.07) is 0. The van der Waals surface area contributed by atoms with Crippen molar-refractivity contribution >= 4 is 11.8 Å². The molecule has 4 nitrogen and oxygen atoms in total. The Morgan fingerprint density at radius 3 is 2.93 bits per heavy atom. The zero-order valence-corrected chi connectivity index (χ0v) is 10.1. The van der Waals surface area contributed by atoms with Gasteiger partial charge in [0.05, 0.1) is 5.75 Å². The smallest absolute Gasteiger partial charge is 0.226 e. The number of aryl methyl sites for hydroxylation is 1. The van der Waals surface area contributed by atoms with E-state index in [2.05, 4.69) is 17.1 Å². The Bertz CT molecular complexity index is 265. The molecular weight excluding hydrogens is 210 g/mol. The van der Waals surface area contributed by atoms with Gasteiger partial charge in [0.25, 0.3) is 0 Å². The van der Waals surface area contributed by atoms with Gasteiger partial charge in [0.1, 0.15) is 0 Å². The van der Waals surface area contributed by atoms with E-state index in [1.165, 1.54) is 0 Å². The highest BCUT2D eigenvalue weighted by atomic mass is 32.2. The van der Waals surface area contributed by atoms with Crippen molar-refractivity contribution in [2.75, 3.05) is 12.3 Å². The molecule has 15 heavy (non-hydrogen) atoms. The molecule has 1 rings (SSSR count). The molecule has 0 fully saturated rings. The third kappa shape index (κ3) is 5.18. The fourth-order valence-electron chi connectivity index (χ4n) is 1.24. The molecule has 2 N–H and O–H groups in total. The van der Waals surface area contributed by atoms with Gasteiger partial charge in [-0.25, -0.2) is 0 Å². The molecule has 86 valence electrons. The van der Waals surface area contributed by atoms with Crippen LogP contribution in [0.25, 0.3) is 0 Å². The van der Waals surface area contributed by atoms with E-state index in [1.54, 1.807) is 11.8 Å². The maximum atomic E-state index is 5.41. The molecule has 1 aromatic heterocycles. The number of nitrogens with two attached hydrogens (primary N) is 1. The normalized spacial score (nSPS) is 10.8. The topological polar surface area (TPSA) is 64.9 Å². The van der Waals surface area contributed by atoms with Gasteiger partial charge in [-0.2, -0.15) is 16.7 Å². The van der Waals surface area contributed by atoms with Crippen molar-refractivity contribution in [2.24, 2.45) is 5.73 Å². The number of unbranched alkanes of at least 4 members (excludes halogenated alkanes) is 2. The number of aromatic nitrogens is 2. The lowest BCUT2D eigenvalue weighted by molar-refractivity contribution is 0.370. The molecule has 0 bridgehead atoms. The van der Waals surface area contributed by atoms with Gasteiger partial charge >= 0.3 is 0 Å². The molecule has 0 amide bonds. The van der Waals surface area contributed by atoms with Gasteiger partial charge < -0.3 is 10.3 Å². The van der Waals surface area contributed by atoms with Gasteiger partial charge in [0.2, 0.25) is 5.89 Å². The van der Waals surface area contributed by atoms with Gasteiger partial charge in [-0.15, -0.1) is 0 Å². The lowest BCUT2D eigenvalue weighted by Crippen LogP contribution is -1.98. The summed E-state index contributed by atoms with van der Waals surface area (Å²) in [6.45, 7) is 2.89. The zero-order chi connectivity index (χ0) is 10.9. The molecule has 1 heterocycles. The third-order valence-corrected chi connectivity index (χ3v) is 2.91. The van der Waals surface area contributed by atoms with Crippen LogP contribution >= 0.6 is 11.8 Å². The molecule has 0 aliphatic rings. The lowest BCUT2D eigenvalue weighted by atomic mass is 10.2. The minimum Gasteiger partial charge on any atom is -0.339 e. The fourth-order valence-corrected chi connectivity index (χ4v) is 1.74. The molecule has 0 aromatic carbocycles. The van der Waals surface area contributed by atoms with Crippen LogP contribution in [-0.2, 0) is 12.2 Å². The van der Waals surface area contributed by atoms with E-state index in [0.29, 0.717) is 0 Å². The highest BCUT2D eigenvalue weighted by Gasteiger charge is 2.05. The van der Waals surface area contributed by atoms with Crippen LogP contribution < -0.4 is 5.73 Å². The maximum Gasteiger partial charge on any atom is 0.226 e. The van der Waals surface area contributed by atoms with Gasteiger partial charge in [-0.1, -0.05) is 18.5 Å². The Morgan fingerprint density at radius 2 is 2.20 bits per heavy atom. The minimum atomic E-state index is 0.763. The summed E-state index contributed by atoms with van der Waals surface area (Å²) < 4.78 is 5.14. The van der Waals surface area contributed by atoms with Gasteiger partial charge in [-0.05, 0) is 25.1 Å². The molecule has 0 aliphatic carbocycles. The zero-order valence-electron chi connectivity index (χ0n) is 9.24. The molecule has 0 saturated heterocycles. The largest absolute Gasteiger partial charge is 0.339 e. The highest BCUT2D eigenvalue weighted by molar-refractivity contribution is 7.98. The molecule has 0 atom stereocenters. The van der Waals surface area contributed by atoms with Gasteiger partial charge in [-0.3, -0.25) is 0 Å². The highest BCUT2D eigenvalue weighted by Crippen LogP contribution is 2.10. The van der Waals surface area contributed by atoms with Crippen molar-refractivity contribution in [2.45, 2.75) is 38.4 Å². The summed E-state index contributed by atoms with van der Waals surface area (Å²) in [6.07, 6.45) is 4.17. The average Bonchev–Trinajstić information content (AvgIpc) is 2.69. The second-order valence-corrected chi connectivity index (χ2v) is 4.62. The summed E-state index contributed by atoms with van der Waals surface area (Å²) in [5.74, 6) is 3.51. The molecule has 5 heteroatoms. The SMILES string of the molecule is CCSCc1noc(CCCCCN)n1. The predicted octanol–water partition coefficient (Wildman–Crippen LogP) is 1.99. The van der Waals surface area contributed by atoms with Crippen molar-refractivity contribution in [1.29, 1.82) is 0 Å². The molecule has 1 aromatic rings. The first kappa shape index (κ1) is 12.5. The van der Waals surface area contributed by atoms with Crippen molar-refractivity contribution in [3.63, 3.8) is 0 Å². The summed E-state index contributed by atoms with van der Waals surface area (Å²) in [5, 5.41) is 3.92. The summed E-state index contributed by atoms with van der Waals surface area (Å²) in [4.78, 5) is 4.32. The molecule has 0 spiro atoms. The quantitative estimate of drug-likeness (QED) is 0.691. The van der Waals surface area contributed by atoms with E-state index in [0.717, 1.165) is 55.4 Å². The van der Waals surface area contributed by atoms with E-state index in [9.17, 15) is 0 Å².